The van der Waals surface area contributed by atoms with Crippen LogP contribution in [-0.2, 0) is 11.3 Å². The van der Waals surface area contributed by atoms with Gasteiger partial charge in [0.2, 0.25) is 0 Å². The van der Waals surface area contributed by atoms with Crippen LogP contribution in [0.2, 0.25) is 0 Å². The number of halogens is 1. The molecule has 1 aliphatic heterocycles. The lowest BCUT2D eigenvalue weighted by atomic mass is 10.1. The summed E-state index contributed by atoms with van der Waals surface area (Å²) in [5.74, 6) is -1.46. The molecule has 1 heterocycles. The van der Waals surface area contributed by atoms with Gasteiger partial charge in [-0.15, -0.1) is 0 Å². The Labute approximate surface area is 106 Å². The minimum absolute atomic E-state index is 0.328. The molecule has 0 saturated carbocycles. The molecule has 0 spiro atoms. The normalized spacial score (nSPS) is 16.5. The summed E-state index contributed by atoms with van der Waals surface area (Å²) in [4.78, 5) is 12.7. The molecule has 0 radical (unpaired) electrons. The maximum Gasteiger partial charge on any atom is 0.328 e. The first kappa shape index (κ1) is 12.8. The van der Waals surface area contributed by atoms with E-state index in [1.165, 1.54) is 25.0 Å². The SMILES string of the molecule is O=C(O)C=Cc1cc(CN2CCCC2)ccc1F. The predicted molar refractivity (Wildman–Crippen MR) is 67.6 cm³/mol. The third-order valence-corrected chi connectivity index (χ3v) is 3.07. The number of benzene rings is 1. The van der Waals surface area contributed by atoms with Gasteiger partial charge in [0.05, 0.1) is 0 Å². The minimum Gasteiger partial charge on any atom is -0.478 e. The zero-order valence-corrected chi connectivity index (χ0v) is 10.1. The van der Waals surface area contributed by atoms with Crippen molar-refractivity contribution in [2.75, 3.05) is 13.1 Å². The highest BCUT2D eigenvalue weighted by Crippen LogP contribution is 2.16. The largest absolute Gasteiger partial charge is 0.478 e. The molecule has 0 aromatic heterocycles. The van der Waals surface area contributed by atoms with Gasteiger partial charge in [0.15, 0.2) is 0 Å². The van der Waals surface area contributed by atoms with E-state index in [4.69, 9.17) is 5.11 Å². The van der Waals surface area contributed by atoms with E-state index in [9.17, 15) is 9.18 Å². The van der Waals surface area contributed by atoms with Gasteiger partial charge in [0.1, 0.15) is 5.82 Å². The smallest absolute Gasteiger partial charge is 0.328 e. The topological polar surface area (TPSA) is 40.5 Å². The molecule has 0 bridgehead atoms. The number of aliphatic carboxylic acids is 1. The minimum atomic E-state index is -1.07. The van der Waals surface area contributed by atoms with Gasteiger partial charge in [0.25, 0.3) is 0 Å². The van der Waals surface area contributed by atoms with Crippen LogP contribution in [0.3, 0.4) is 0 Å². The number of hydrogen-bond acceptors (Lipinski definition) is 2. The number of likely N-dealkylation sites (tertiary alicyclic amines) is 1. The predicted octanol–water partition coefficient (Wildman–Crippen LogP) is 2.52. The molecule has 1 aromatic rings. The first-order chi connectivity index (χ1) is 8.65. The van der Waals surface area contributed by atoms with E-state index in [0.29, 0.717) is 5.56 Å². The lowest BCUT2D eigenvalue weighted by Gasteiger charge is -2.14. The van der Waals surface area contributed by atoms with E-state index in [0.717, 1.165) is 31.3 Å². The maximum atomic E-state index is 13.5. The molecule has 1 aliphatic rings. The summed E-state index contributed by atoms with van der Waals surface area (Å²) in [6.45, 7) is 2.96. The van der Waals surface area contributed by atoms with Gasteiger partial charge in [-0.2, -0.15) is 0 Å². The second kappa shape index (κ2) is 5.78. The third kappa shape index (κ3) is 3.40. The highest BCUT2D eigenvalue weighted by Gasteiger charge is 2.12. The van der Waals surface area contributed by atoms with E-state index in [2.05, 4.69) is 4.90 Å². The Hall–Kier alpha value is -1.68. The highest BCUT2D eigenvalue weighted by molar-refractivity contribution is 5.85. The van der Waals surface area contributed by atoms with Crippen molar-refractivity contribution in [3.8, 4) is 0 Å². The second-order valence-electron chi connectivity index (χ2n) is 4.51. The molecule has 0 atom stereocenters. The van der Waals surface area contributed by atoms with Crippen LogP contribution in [0.25, 0.3) is 6.08 Å². The molecule has 1 aromatic carbocycles. The van der Waals surface area contributed by atoms with Gasteiger partial charge in [-0.1, -0.05) is 6.07 Å². The fourth-order valence-electron chi connectivity index (χ4n) is 2.18. The van der Waals surface area contributed by atoms with Gasteiger partial charge in [-0.05, 0) is 49.7 Å². The molecule has 2 rings (SSSR count). The van der Waals surface area contributed by atoms with Crippen LogP contribution in [0, 0.1) is 5.82 Å². The zero-order valence-electron chi connectivity index (χ0n) is 10.1. The second-order valence-corrected chi connectivity index (χ2v) is 4.51. The molecule has 96 valence electrons. The Bertz CT molecular complexity index is 465. The number of carbonyl (C=O) groups is 1. The monoisotopic (exact) mass is 249 g/mol. The van der Waals surface area contributed by atoms with Crippen LogP contribution in [0.5, 0.6) is 0 Å². The fourth-order valence-corrected chi connectivity index (χ4v) is 2.18. The van der Waals surface area contributed by atoms with Gasteiger partial charge >= 0.3 is 5.97 Å². The molecular formula is C14H16FNO2. The summed E-state index contributed by atoms with van der Waals surface area (Å²) in [5, 5.41) is 8.55. The van der Waals surface area contributed by atoms with Crippen molar-refractivity contribution in [3.63, 3.8) is 0 Å². The molecule has 4 heteroatoms. The fraction of sp³-hybridized carbons (Fsp3) is 0.357. The molecule has 0 aliphatic carbocycles. The number of carboxylic acids is 1. The lowest BCUT2D eigenvalue weighted by molar-refractivity contribution is -0.131. The summed E-state index contributed by atoms with van der Waals surface area (Å²) in [6, 6.07) is 4.87. The summed E-state index contributed by atoms with van der Waals surface area (Å²) >= 11 is 0. The van der Waals surface area contributed by atoms with Gasteiger partial charge in [-0.25, -0.2) is 9.18 Å². The van der Waals surface area contributed by atoms with Crippen LogP contribution < -0.4 is 0 Å². The third-order valence-electron chi connectivity index (χ3n) is 3.07. The van der Waals surface area contributed by atoms with E-state index in [1.54, 1.807) is 12.1 Å². The van der Waals surface area contributed by atoms with E-state index in [-0.39, 0.29) is 0 Å². The highest BCUT2D eigenvalue weighted by atomic mass is 19.1. The molecule has 0 amide bonds. The molecule has 1 saturated heterocycles. The Kier molecular flexibility index (Phi) is 4.10. The van der Waals surface area contributed by atoms with Crippen LogP contribution in [0.15, 0.2) is 24.3 Å². The summed E-state index contributed by atoms with van der Waals surface area (Å²) in [5.41, 5.74) is 1.34. The molecule has 0 unspecified atom stereocenters. The first-order valence-corrected chi connectivity index (χ1v) is 6.07. The van der Waals surface area contributed by atoms with Crippen molar-refractivity contribution in [1.82, 2.24) is 4.90 Å². The number of carboxylic acid groups (broad SMARTS) is 1. The zero-order chi connectivity index (χ0) is 13.0. The van der Waals surface area contributed by atoms with E-state index < -0.39 is 11.8 Å². The van der Waals surface area contributed by atoms with E-state index >= 15 is 0 Å². The van der Waals surface area contributed by atoms with Crippen molar-refractivity contribution in [2.24, 2.45) is 0 Å². The average Bonchev–Trinajstić information content (AvgIpc) is 2.82. The number of rotatable bonds is 4. The summed E-state index contributed by atoms with van der Waals surface area (Å²) < 4.78 is 13.5. The number of nitrogens with zero attached hydrogens (tertiary/aromatic N) is 1. The van der Waals surface area contributed by atoms with Gasteiger partial charge in [-0.3, -0.25) is 4.90 Å². The lowest BCUT2D eigenvalue weighted by Crippen LogP contribution is -2.18. The van der Waals surface area contributed by atoms with Crippen LogP contribution in [0.1, 0.15) is 24.0 Å². The molecule has 18 heavy (non-hydrogen) atoms. The van der Waals surface area contributed by atoms with Crippen molar-refractivity contribution >= 4 is 12.0 Å². The van der Waals surface area contributed by atoms with Crippen molar-refractivity contribution < 1.29 is 14.3 Å². The Morgan fingerprint density at radius 1 is 1.39 bits per heavy atom. The van der Waals surface area contributed by atoms with Crippen LogP contribution in [0.4, 0.5) is 4.39 Å². The summed E-state index contributed by atoms with van der Waals surface area (Å²) in [7, 11) is 0. The summed E-state index contributed by atoms with van der Waals surface area (Å²) in [6.07, 6.45) is 4.68. The average molecular weight is 249 g/mol. The molecule has 1 N–H and O–H groups in total. The first-order valence-electron chi connectivity index (χ1n) is 6.07. The molecule has 1 fully saturated rings. The Balaban J connectivity index is 2.12. The quantitative estimate of drug-likeness (QED) is 0.833. The standard InChI is InChI=1S/C14H16FNO2/c15-13-5-3-11(10-16-7-1-2-8-16)9-12(13)4-6-14(17)18/h3-6,9H,1-2,7-8,10H2,(H,17,18). The van der Waals surface area contributed by atoms with Crippen molar-refractivity contribution in [1.29, 1.82) is 0 Å². The number of hydrogen-bond donors (Lipinski definition) is 1. The van der Waals surface area contributed by atoms with Crippen LogP contribution in [-0.4, -0.2) is 29.1 Å². The van der Waals surface area contributed by atoms with Gasteiger partial charge < -0.3 is 5.11 Å². The Morgan fingerprint density at radius 2 is 2.11 bits per heavy atom. The van der Waals surface area contributed by atoms with Crippen molar-refractivity contribution in [2.45, 2.75) is 19.4 Å². The Morgan fingerprint density at radius 3 is 2.78 bits per heavy atom. The maximum absolute atomic E-state index is 13.5. The molecular weight excluding hydrogens is 233 g/mol. The van der Waals surface area contributed by atoms with Crippen molar-refractivity contribution in [3.05, 3.63) is 41.2 Å². The van der Waals surface area contributed by atoms with Crippen LogP contribution >= 0.6 is 0 Å². The van der Waals surface area contributed by atoms with E-state index in [1.807, 2.05) is 0 Å². The molecule has 3 nitrogen and oxygen atoms in total. The van der Waals surface area contributed by atoms with Gasteiger partial charge in [0, 0.05) is 18.2 Å².